The molecule has 9 heteroatoms. The van der Waals surface area contributed by atoms with E-state index in [1.54, 1.807) is 4.90 Å². The zero-order valence-corrected chi connectivity index (χ0v) is 21.3. The molecule has 7 nitrogen and oxygen atoms in total. The number of rotatable bonds is 8. The first-order chi connectivity index (χ1) is 16.3. The fraction of sp³-hybridized carbons (Fsp3) is 0.400. The molecule has 3 aromatic rings. The molecule has 0 spiro atoms. The van der Waals surface area contributed by atoms with Crippen molar-refractivity contribution in [2.24, 2.45) is 0 Å². The van der Waals surface area contributed by atoms with Crippen LogP contribution in [0.5, 0.6) is 0 Å². The van der Waals surface area contributed by atoms with E-state index in [0.29, 0.717) is 17.4 Å². The lowest BCUT2D eigenvalue weighted by atomic mass is 10.1. The highest BCUT2D eigenvalue weighted by Crippen LogP contribution is 2.29. The van der Waals surface area contributed by atoms with E-state index in [4.69, 9.17) is 0 Å². The molecule has 0 unspecified atom stereocenters. The number of thioether (sulfide) groups is 1. The average Bonchev–Trinajstić information content (AvgIpc) is 3.41. The average molecular weight is 499 g/mol. The molecule has 180 valence electrons. The van der Waals surface area contributed by atoms with Gasteiger partial charge in [0.25, 0.3) is 0 Å². The van der Waals surface area contributed by atoms with Gasteiger partial charge >= 0.3 is 0 Å². The summed E-state index contributed by atoms with van der Waals surface area (Å²) in [5.74, 6) is 0.999. The minimum atomic E-state index is -3.08. The lowest BCUT2D eigenvalue weighted by Crippen LogP contribution is -2.47. The number of hydrogen-bond donors (Lipinski definition) is 0. The second kappa shape index (κ2) is 10.3. The van der Waals surface area contributed by atoms with Gasteiger partial charge in [0, 0.05) is 23.3 Å². The van der Waals surface area contributed by atoms with Gasteiger partial charge in [-0.15, -0.1) is 10.2 Å². The molecular formula is C25H30N4O3S2. The van der Waals surface area contributed by atoms with Crippen LogP contribution in [-0.4, -0.2) is 63.3 Å². The molecule has 1 fully saturated rings. The molecule has 0 radical (unpaired) electrons. The van der Waals surface area contributed by atoms with E-state index in [9.17, 15) is 13.2 Å². The summed E-state index contributed by atoms with van der Waals surface area (Å²) < 4.78 is 26.1. The molecule has 1 saturated heterocycles. The van der Waals surface area contributed by atoms with Crippen LogP contribution >= 0.6 is 11.8 Å². The molecule has 2 atom stereocenters. The molecule has 1 aromatic heterocycles. The van der Waals surface area contributed by atoms with Crippen LogP contribution in [0.25, 0.3) is 17.1 Å². The first-order valence-corrected chi connectivity index (χ1v) is 14.3. The maximum Gasteiger partial charge on any atom is 0.233 e. The summed E-state index contributed by atoms with van der Waals surface area (Å²) in [6.07, 6.45) is 1.27. The van der Waals surface area contributed by atoms with Crippen molar-refractivity contribution in [3.8, 4) is 17.1 Å². The predicted molar refractivity (Wildman–Crippen MR) is 136 cm³/mol. The lowest BCUT2D eigenvalue weighted by molar-refractivity contribution is -0.132. The van der Waals surface area contributed by atoms with Crippen LogP contribution in [0.15, 0.2) is 59.8 Å². The van der Waals surface area contributed by atoms with Crippen molar-refractivity contribution < 1.29 is 13.2 Å². The Kier molecular flexibility index (Phi) is 7.42. The van der Waals surface area contributed by atoms with E-state index >= 15 is 0 Å². The van der Waals surface area contributed by atoms with E-state index in [0.717, 1.165) is 23.2 Å². The van der Waals surface area contributed by atoms with Gasteiger partial charge in [-0.25, -0.2) is 8.42 Å². The van der Waals surface area contributed by atoms with Gasteiger partial charge in [-0.1, -0.05) is 66.7 Å². The Balaban J connectivity index is 1.61. The third kappa shape index (κ3) is 5.36. The van der Waals surface area contributed by atoms with Crippen molar-refractivity contribution in [2.75, 3.05) is 17.3 Å². The van der Waals surface area contributed by atoms with E-state index in [1.165, 1.54) is 11.8 Å². The van der Waals surface area contributed by atoms with Gasteiger partial charge in [0.15, 0.2) is 20.8 Å². The van der Waals surface area contributed by atoms with Gasteiger partial charge in [0.2, 0.25) is 5.91 Å². The molecule has 4 rings (SSSR count). The normalized spacial score (nSPS) is 18.0. The van der Waals surface area contributed by atoms with Crippen LogP contribution in [0.2, 0.25) is 0 Å². The number of nitrogens with zero attached hydrogens (tertiary/aromatic N) is 4. The molecular weight excluding hydrogens is 468 g/mol. The fourth-order valence-corrected chi connectivity index (χ4v) is 6.80. The largest absolute Gasteiger partial charge is 0.335 e. The standard InChI is InChI=1S/C25H30N4O3S2/c1-4-19(3)28(22-14-15-34(31,32)17-22)23(30)16-33-25-27-26-24(20-8-6-5-7-9-20)29(25)21-12-10-18(2)11-13-21/h5-13,19,22H,4,14-17H2,1-3H3/t19-,22-/m1/s1. The fourth-order valence-electron chi connectivity index (χ4n) is 4.27. The first kappa shape index (κ1) is 24.5. The Hall–Kier alpha value is -2.65. The molecule has 0 saturated carbocycles. The van der Waals surface area contributed by atoms with Gasteiger partial charge in [0.05, 0.1) is 17.3 Å². The molecule has 2 heterocycles. The second-order valence-corrected chi connectivity index (χ2v) is 11.9. The summed E-state index contributed by atoms with van der Waals surface area (Å²) in [5.41, 5.74) is 3.01. The van der Waals surface area contributed by atoms with Gasteiger partial charge in [-0.3, -0.25) is 9.36 Å². The third-order valence-corrected chi connectivity index (χ3v) is 8.90. The topological polar surface area (TPSA) is 85.2 Å². The van der Waals surface area contributed by atoms with Crippen molar-refractivity contribution in [3.63, 3.8) is 0 Å². The molecule has 0 N–H and O–H groups in total. The minimum Gasteiger partial charge on any atom is -0.335 e. The molecule has 34 heavy (non-hydrogen) atoms. The maximum absolute atomic E-state index is 13.3. The highest BCUT2D eigenvalue weighted by molar-refractivity contribution is 7.99. The van der Waals surface area contributed by atoms with Gasteiger partial charge in [-0.2, -0.15) is 0 Å². The van der Waals surface area contributed by atoms with Crippen LogP contribution in [0, 0.1) is 6.92 Å². The van der Waals surface area contributed by atoms with E-state index in [2.05, 4.69) is 10.2 Å². The SMILES string of the molecule is CC[C@@H](C)N(C(=O)CSc1nnc(-c2ccccc2)n1-c1ccc(C)cc1)[C@@H]1CCS(=O)(=O)C1. The lowest BCUT2D eigenvalue weighted by Gasteiger charge is -2.33. The van der Waals surface area contributed by atoms with Crippen LogP contribution in [0.1, 0.15) is 32.3 Å². The highest BCUT2D eigenvalue weighted by atomic mass is 32.2. The van der Waals surface area contributed by atoms with Crippen LogP contribution in [0.4, 0.5) is 0 Å². The first-order valence-electron chi connectivity index (χ1n) is 11.5. The Morgan fingerprint density at radius 3 is 2.47 bits per heavy atom. The number of aryl methyl sites for hydroxylation is 1. The van der Waals surface area contributed by atoms with Crippen molar-refractivity contribution in [1.29, 1.82) is 0 Å². The summed E-state index contributed by atoms with van der Waals surface area (Å²) in [4.78, 5) is 15.1. The van der Waals surface area contributed by atoms with E-state index < -0.39 is 9.84 Å². The maximum atomic E-state index is 13.3. The van der Waals surface area contributed by atoms with Crippen LogP contribution in [0.3, 0.4) is 0 Å². The van der Waals surface area contributed by atoms with E-state index in [-0.39, 0.29) is 35.2 Å². The Bertz CT molecular complexity index is 1240. The molecule has 2 aromatic carbocycles. The minimum absolute atomic E-state index is 0.0266. The molecule has 0 bridgehead atoms. The number of carbonyl (C=O) groups excluding carboxylic acids is 1. The Morgan fingerprint density at radius 1 is 1.15 bits per heavy atom. The smallest absolute Gasteiger partial charge is 0.233 e. The molecule has 1 aliphatic heterocycles. The third-order valence-electron chi connectivity index (χ3n) is 6.24. The molecule has 1 amide bonds. The van der Waals surface area contributed by atoms with Crippen molar-refractivity contribution in [3.05, 3.63) is 60.2 Å². The summed E-state index contributed by atoms with van der Waals surface area (Å²) in [6, 6.07) is 17.7. The summed E-state index contributed by atoms with van der Waals surface area (Å²) in [7, 11) is -3.08. The number of carbonyl (C=O) groups is 1. The van der Waals surface area contributed by atoms with Gasteiger partial charge in [0.1, 0.15) is 0 Å². The van der Waals surface area contributed by atoms with Crippen molar-refractivity contribution in [1.82, 2.24) is 19.7 Å². The second-order valence-electron chi connectivity index (χ2n) is 8.75. The van der Waals surface area contributed by atoms with Gasteiger partial charge < -0.3 is 4.90 Å². The zero-order chi connectivity index (χ0) is 24.3. The van der Waals surface area contributed by atoms with Crippen LogP contribution < -0.4 is 0 Å². The highest BCUT2D eigenvalue weighted by Gasteiger charge is 2.36. The molecule has 0 aliphatic carbocycles. The Labute approximate surface area is 205 Å². The van der Waals surface area contributed by atoms with Crippen molar-refractivity contribution in [2.45, 2.75) is 50.9 Å². The Morgan fingerprint density at radius 2 is 1.85 bits per heavy atom. The van der Waals surface area contributed by atoms with Crippen molar-refractivity contribution >= 4 is 27.5 Å². The summed E-state index contributed by atoms with van der Waals surface area (Å²) in [6.45, 7) is 6.03. The predicted octanol–water partition coefficient (Wildman–Crippen LogP) is 4.15. The van der Waals surface area contributed by atoms with Gasteiger partial charge in [-0.05, 0) is 38.8 Å². The summed E-state index contributed by atoms with van der Waals surface area (Å²) in [5, 5.41) is 9.49. The van der Waals surface area contributed by atoms with Crippen LogP contribution in [-0.2, 0) is 14.6 Å². The summed E-state index contributed by atoms with van der Waals surface area (Å²) >= 11 is 1.33. The number of hydrogen-bond acceptors (Lipinski definition) is 6. The monoisotopic (exact) mass is 498 g/mol. The number of aromatic nitrogens is 3. The molecule has 1 aliphatic rings. The van der Waals surface area contributed by atoms with E-state index in [1.807, 2.05) is 79.9 Å². The zero-order valence-electron chi connectivity index (χ0n) is 19.7. The number of benzene rings is 2. The number of sulfone groups is 1. The number of amides is 1. The quantitative estimate of drug-likeness (QED) is 0.434.